The fraction of sp³-hybridized carbons (Fsp3) is 0.522. The van der Waals surface area contributed by atoms with Crippen molar-refractivity contribution >= 4 is 29.0 Å². The molecule has 6 heteroatoms. The highest BCUT2D eigenvalue weighted by atomic mass is 32.2. The number of hydrogen-bond acceptors (Lipinski definition) is 4. The van der Waals surface area contributed by atoms with Crippen molar-refractivity contribution in [2.24, 2.45) is 5.92 Å². The number of likely N-dealkylation sites (N-methyl/N-ethyl adjacent to an activating group) is 1. The Kier molecular flexibility index (Phi) is 8.16. The van der Waals surface area contributed by atoms with Gasteiger partial charge in [-0.25, -0.2) is 4.39 Å². The Balaban J connectivity index is 1.76. The minimum absolute atomic E-state index is 0.00249. The minimum atomic E-state index is -0.181. The predicted octanol–water partition coefficient (Wildman–Crippen LogP) is 5.03. The predicted molar refractivity (Wildman–Crippen MR) is 122 cm³/mol. The van der Waals surface area contributed by atoms with Crippen LogP contribution in [0.2, 0.25) is 0 Å². The summed E-state index contributed by atoms with van der Waals surface area (Å²) in [6.07, 6.45) is 4.79. The minimum Gasteiger partial charge on any atom is -0.338 e. The molecule has 0 radical (unpaired) electrons. The Morgan fingerprint density at radius 2 is 2.03 bits per heavy atom. The van der Waals surface area contributed by atoms with Crippen LogP contribution in [0, 0.1) is 11.7 Å². The number of nitrogens with zero attached hydrogens (tertiary/aromatic N) is 2. The van der Waals surface area contributed by atoms with Crippen LogP contribution in [0.25, 0.3) is 0 Å². The fourth-order valence-corrected chi connectivity index (χ4v) is 5.66. The third-order valence-electron chi connectivity index (χ3n) is 6.12. The number of rotatable bonds is 8. The van der Waals surface area contributed by atoms with Gasteiger partial charge in [0.25, 0.3) is 5.91 Å². The highest BCUT2D eigenvalue weighted by Gasteiger charge is 2.33. The third-order valence-corrected chi connectivity index (χ3v) is 7.62. The first-order chi connectivity index (χ1) is 14.0. The van der Waals surface area contributed by atoms with Crippen molar-refractivity contribution in [1.82, 2.24) is 9.80 Å². The second kappa shape index (κ2) is 10.6. The molecule has 0 aliphatic carbocycles. The number of carbonyl (C=O) groups excluding carboxylic acids is 1. The maximum Gasteiger partial charge on any atom is 0.254 e. The second-order valence-electron chi connectivity index (χ2n) is 7.97. The molecule has 3 rings (SSSR count). The number of thioether (sulfide) groups is 1. The molecule has 2 aromatic rings. The van der Waals surface area contributed by atoms with Gasteiger partial charge in [-0.3, -0.25) is 9.69 Å². The zero-order valence-corrected chi connectivity index (χ0v) is 19.1. The van der Waals surface area contributed by atoms with Crippen molar-refractivity contribution in [3.05, 3.63) is 58.0 Å². The molecule has 1 aliphatic heterocycles. The molecule has 1 aliphatic rings. The van der Waals surface area contributed by atoms with E-state index in [9.17, 15) is 9.18 Å². The zero-order chi connectivity index (χ0) is 20.8. The van der Waals surface area contributed by atoms with Crippen molar-refractivity contribution in [2.75, 3.05) is 32.1 Å². The van der Waals surface area contributed by atoms with Crippen LogP contribution in [0.5, 0.6) is 0 Å². The quantitative estimate of drug-likeness (QED) is 0.582. The summed E-state index contributed by atoms with van der Waals surface area (Å²) < 4.78 is 14.4. The van der Waals surface area contributed by atoms with Gasteiger partial charge in [-0.05, 0) is 74.5 Å². The van der Waals surface area contributed by atoms with Gasteiger partial charge in [0.15, 0.2) is 0 Å². The van der Waals surface area contributed by atoms with Crippen LogP contribution >= 0.6 is 23.1 Å². The van der Waals surface area contributed by atoms with Crippen LogP contribution in [0.4, 0.5) is 4.39 Å². The normalized spacial score (nSPS) is 17.8. The van der Waals surface area contributed by atoms with Crippen molar-refractivity contribution in [1.29, 1.82) is 0 Å². The van der Waals surface area contributed by atoms with Gasteiger partial charge >= 0.3 is 0 Å². The molecule has 1 aromatic carbocycles. The average Bonchev–Trinajstić information content (AvgIpc) is 3.27. The van der Waals surface area contributed by atoms with Crippen molar-refractivity contribution in [3.8, 4) is 0 Å². The van der Waals surface area contributed by atoms with E-state index >= 15 is 0 Å². The average molecular weight is 435 g/mol. The molecule has 2 heterocycles. The third kappa shape index (κ3) is 5.62. The van der Waals surface area contributed by atoms with Crippen LogP contribution < -0.4 is 0 Å². The van der Waals surface area contributed by atoms with Gasteiger partial charge in [0.1, 0.15) is 5.82 Å². The summed E-state index contributed by atoms with van der Waals surface area (Å²) in [5.41, 5.74) is 1.42. The smallest absolute Gasteiger partial charge is 0.254 e. The molecule has 0 bridgehead atoms. The van der Waals surface area contributed by atoms with Crippen molar-refractivity contribution in [2.45, 2.75) is 38.3 Å². The van der Waals surface area contributed by atoms with E-state index in [1.54, 1.807) is 6.07 Å². The highest BCUT2D eigenvalue weighted by Crippen LogP contribution is 2.29. The second-order valence-corrected chi connectivity index (χ2v) is 9.66. The van der Waals surface area contributed by atoms with Crippen molar-refractivity contribution < 1.29 is 9.18 Å². The van der Waals surface area contributed by atoms with Gasteiger partial charge in [-0.15, -0.1) is 0 Å². The molecular weight excluding hydrogens is 403 g/mol. The summed E-state index contributed by atoms with van der Waals surface area (Å²) in [5.74, 6) is 1.37. The molecule has 0 spiro atoms. The van der Waals surface area contributed by atoms with E-state index in [0.717, 1.165) is 37.2 Å². The molecule has 1 aromatic heterocycles. The molecule has 158 valence electrons. The zero-order valence-electron chi connectivity index (χ0n) is 17.5. The summed E-state index contributed by atoms with van der Waals surface area (Å²) in [6.45, 7) is 4.38. The number of carbonyl (C=O) groups is 1. The van der Waals surface area contributed by atoms with Gasteiger partial charge in [0.05, 0.1) is 5.56 Å². The highest BCUT2D eigenvalue weighted by molar-refractivity contribution is 7.98. The van der Waals surface area contributed by atoms with E-state index < -0.39 is 0 Å². The summed E-state index contributed by atoms with van der Waals surface area (Å²) in [7, 11) is 1.88. The Bertz CT molecular complexity index is 775. The van der Waals surface area contributed by atoms with Crippen LogP contribution in [0.15, 0.2) is 41.1 Å². The van der Waals surface area contributed by atoms with Gasteiger partial charge in [-0.1, -0.05) is 18.2 Å². The van der Waals surface area contributed by atoms with Gasteiger partial charge in [0, 0.05) is 30.3 Å². The fourth-order valence-electron chi connectivity index (χ4n) is 4.34. The Hall–Kier alpha value is -1.37. The van der Waals surface area contributed by atoms with Gasteiger partial charge < -0.3 is 4.90 Å². The first-order valence-corrected chi connectivity index (χ1v) is 12.6. The maximum absolute atomic E-state index is 14.4. The largest absolute Gasteiger partial charge is 0.338 e. The summed E-state index contributed by atoms with van der Waals surface area (Å²) in [4.78, 5) is 17.5. The first-order valence-electron chi connectivity index (χ1n) is 10.3. The van der Waals surface area contributed by atoms with E-state index in [1.807, 2.05) is 52.7 Å². The number of thiophene rings is 1. The van der Waals surface area contributed by atoms with Crippen molar-refractivity contribution in [3.63, 3.8) is 0 Å². The number of amides is 1. The Labute approximate surface area is 182 Å². The lowest BCUT2D eigenvalue weighted by atomic mass is 9.84. The van der Waals surface area contributed by atoms with Gasteiger partial charge in [0.2, 0.25) is 0 Å². The number of halogens is 1. The number of piperidine rings is 1. The lowest BCUT2D eigenvalue weighted by Crippen LogP contribution is -2.49. The van der Waals surface area contributed by atoms with Crippen LogP contribution in [0.1, 0.15) is 35.7 Å². The monoisotopic (exact) mass is 434 g/mol. The molecular formula is C23H31FN2OS2. The van der Waals surface area contributed by atoms with E-state index in [2.05, 4.69) is 18.1 Å². The van der Waals surface area contributed by atoms with E-state index in [1.165, 1.54) is 17.4 Å². The molecule has 1 amide bonds. The topological polar surface area (TPSA) is 23.6 Å². The Morgan fingerprint density at radius 3 is 2.66 bits per heavy atom. The van der Waals surface area contributed by atoms with E-state index in [-0.39, 0.29) is 17.8 Å². The molecule has 0 unspecified atom stereocenters. The maximum atomic E-state index is 14.4. The lowest BCUT2D eigenvalue weighted by Gasteiger charge is -2.41. The standard InChI is InChI=1S/C23H31FN2OS2/c1-17(15-28-3)26-11-8-18(9-12-26)22(14-19-6-4-5-7-21(19)24)25(2)23(27)20-10-13-29-16-20/h4-7,10,13,16-18,22H,8-9,11-12,14-15H2,1-3H3/t17-,22+/m1/s1. The van der Waals surface area contributed by atoms with Crippen LogP contribution in [-0.2, 0) is 6.42 Å². The molecule has 29 heavy (non-hydrogen) atoms. The summed E-state index contributed by atoms with van der Waals surface area (Å²) in [6, 6.07) is 9.40. The number of hydrogen-bond donors (Lipinski definition) is 0. The summed E-state index contributed by atoms with van der Waals surface area (Å²) >= 11 is 3.42. The molecule has 2 atom stereocenters. The molecule has 0 saturated carbocycles. The molecule has 1 saturated heterocycles. The lowest BCUT2D eigenvalue weighted by molar-refractivity contribution is 0.0563. The molecule has 1 fully saturated rings. The van der Waals surface area contributed by atoms with E-state index in [0.29, 0.717) is 23.9 Å². The molecule has 3 nitrogen and oxygen atoms in total. The first kappa shape index (κ1) is 22.3. The SMILES string of the molecule is CSC[C@@H](C)N1CCC([C@H](Cc2ccccc2F)N(C)C(=O)c2ccsc2)CC1. The number of benzene rings is 1. The van der Waals surface area contributed by atoms with Crippen LogP contribution in [-0.4, -0.2) is 59.9 Å². The Morgan fingerprint density at radius 1 is 1.31 bits per heavy atom. The number of likely N-dealkylation sites (tertiary alicyclic amines) is 1. The summed E-state index contributed by atoms with van der Waals surface area (Å²) in [5, 5.41) is 3.82. The van der Waals surface area contributed by atoms with Gasteiger partial charge in [-0.2, -0.15) is 23.1 Å². The van der Waals surface area contributed by atoms with Crippen LogP contribution in [0.3, 0.4) is 0 Å². The molecule has 0 N–H and O–H groups in total. The van der Waals surface area contributed by atoms with E-state index in [4.69, 9.17) is 0 Å².